The van der Waals surface area contributed by atoms with E-state index in [4.69, 9.17) is 16.3 Å². The van der Waals surface area contributed by atoms with Crippen molar-refractivity contribution >= 4 is 21.6 Å². The van der Waals surface area contributed by atoms with Crippen molar-refractivity contribution in [2.75, 3.05) is 26.2 Å². The fraction of sp³-hybridized carbons (Fsp3) is 0.478. The van der Waals surface area contributed by atoms with Crippen LogP contribution in [0.4, 0.5) is 4.39 Å². The number of piperidine rings is 2. The number of ether oxygens (including phenoxy) is 1. The Labute approximate surface area is 188 Å². The molecule has 0 atom stereocenters. The zero-order valence-corrected chi connectivity index (χ0v) is 19.2. The van der Waals surface area contributed by atoms with Crippen LogP contribution in [0, 0.1) is 12.7 Å². The summed E-state index contributed by atoms with van der Waals surface area (Å²) in [5.74, 6) is -0.00998. The molecular formula is C23H28ClFN2O3S. The molecule has 0 N–H and O–H groups in total. The first kappa shape index (κ1) is 22.5. The highest BCUT2D eigenvalue weighted by Gasteiger charge is 2.34. The second-order valence-corrected chi connectivity index (χ2v) is 10.6. The summed E-state index contributed by atoms with van der Waals surface area (Å²) in [5.41, 5.74) is 0.600. The van der Waals surface area contributed by atoms with Crippen LogP contribution in [-0.2, 0) is 10.0 Å². The van der Waals surface area contributed by atoms with Crippen LogP contribution >= 0.6 is 11.6 Å². The summed E-state index contributed by atoms with van der Waals surface area (Å²) in [7, 11) is -3.54. The van der Waals surface area contributed by atoms with E-state index in [9.17, 15) is 12.8 Å². The van der Waals surface area contributed by atoms with Crippen LogP contribution in [0.2, 0.25) is 5.02 Å². The summed E-state index contributed by atoms with van der Waals surface area (Å²) in [4.78, 5) is 2.72. The SMILES string of the molecule is Cc1c(Cl)cccc1S(=O)(=O)N1CCC(N2CCC(Oc3ccccc3F)CC2)CC1. The van der Waals surface area contributed by atoms with Gasteiger partial charge in [-0.3, -0.25) is 0 Å². The lowest BCUT2D eigenvalue weighted by Crippen LogP contribution is -2.50. The smallest absolute Gasteiger partial charge is 0.243 e. The molecule has 2 saturated heterocycles. The molecule has 0 bridgehead atoms. The van der Waals surface area contributed by atoms with E-state index in [2.05, 4.69) is 4.90 Å². The van der Waals surface area contributed by atoms with Crippen molar-refractivity contribution in [1.29, 1.82) is 0 Å². The quantitative estimate of drug-likeness (QED) is 0.651. The summed E-state index contributed by atoms with van der Waals surface area (Å²) in [6, 6.07) is 11.9. The second-order valence-electron chi connectivity index (χ2n) is 8.28. The Hall–Kier alpha value is -1.67. The number of para-hydroxylation sites is 1. The number of likely N-dealkylation sites (tertiary alicyclic amines) is 1. The van der Waals surface area contributed by atoms with E-state index in [1.54, 1.807) is 47.6 Å². The summed E-state index contributed by atoms with van der Waals surface area (Å²) in [6.45, 7) is 4.51. The van der Waals surface area contributed by atoms with Crippen molar-refractivity contribution in [3.05, 3.63) is 58.9 Å². The van der Waals surface area contributed by atoms with Crippen molar-refractivity contribution in [1.82, 2.24) is 9.21 Å². The molecule has 8 heteroatoms. The van der Waals surface area contributed by atoms with Crippen LogP contribution in [0.3, 0.4) is 0 Å². The molecule has 0 aromatic heterocycles. The molecule has 0 radical (unpaired) electrons. The molecule has 5 nitrogen and oxygen atoms in total. The van der Waals surface area contributed by atoms with Crippen molar-refractivity contribution in [2.24, 2.45) is 0 Å². The van der Waals surface area contributed by atoms with E-state index in [1.165, 1.54) is 6.07 Å². The van der Waals surface area contributed by atoms with E-state index in [-0.39, 0.29) is 11.9 Å². The number of benzene rings is 2. The van der Waals surface area contributed by atoms with Crippen LogP contribution < -0.4 is 4.74 Å². The minimum atomic E-state index is -3.54. The molecule has 2 aromatic rings. The Morgan fingerprint density at radius 1 is 0.968 bits per heavy atom. The van der Waals surface area contributed by atoms with E-state index in [0.29, 0.717) is 40.4 Å². The lowest BCUT2D eigenvalue weighted by atomic mass is 10.00. The number of nitrogens with zero attached hydrogens (tertiary/aromatic N) is 2. The average molecular weight is 467 g/mol. The van der Waals surface area contributed by atoms with Gasteiger partial charge in [0.1, 0.15) is 6.10 Å². The molecule has 31 heavy (non-hydrogen) atoms. The zero-order valence-electron chi connectivity index (χ0n) is 17.6. The molecular weight excluding hydrogens is 439 g/mol. The Bertz CT molecular complexity index is 1020. The van der Waals surface area contributed by atoms with Gasteiger partial charge in [-0.15, -0.1) is 0 Å². The highest BCUT2D eigenvalue weighted by Crippen LogP contribution is 2.30. The van der Waals surface area contributed by atoms with Crippen molar-refractivity contribution in [2.45, 2.75) is 49.6 Å². The molecule has 2 fully saturated rings. The maximum atomic E-state index is 13.8. The van der Waals surface area contributed by atoms with Gasteiger partial charge >= 0.3 is 0 Å². The predicted octanol–water partition coefficient (Wildman–Crippen LogP) is 4.48. The van der Waals surface area contributed by atoms with Gasteiger partial charge in [-0.1, -0.05) is 29.8 Å². The first-order chi connectivity index (χ1) is 14.9. The Balaban J connectivity index is 1.31. The molecule has 0 saturated carbocycles. The van der Waals surface area contributed by atoms with Gasteiger partial charge in [0.25, 0.3) is 0 Å². The molecule has 168 valence electrons. The van der Waals surface area contributed by atoms with Crippen LogP contribution in [0.1, 0.15) is 31.2 Å². The van der Waals surface area contributed by atoms with Crippen molar-refractivity contribution < 1.29 is 17.5 Å². The third-order valence-corrected chi connectivity index (χ3v) is 8.84. The molecule has 2 aromatic carbocycles. The number of hydrogen-bond acceptors (Lipinski definition) is 4. The minimum absolute atomic E-state index is 0.0134. The van der Waals surface area contributed by atoms with E-state index >= 15 is 0 Å². The normalized spacial score (nSPS) is 20.1. The fourth-order valence-electron chi connectivity index (χ4n) is 4.53. The lowest BCUT2D eigenvalue weighted by Gasteiger charge is -2.41. The van der Waals surface area contributed by atoms with Gasteiger partial charge in [0.15, 0.2) is 11.6 Å². The Morgan fingerprint density at radius 3 is 2.32 bits per heavy atom. The maximum absolute atomic E-state index is 13.8. The third-order valence-electron chi connectivity index (χ3n) is 6.38. The van der Waals surface area contributed by atoms with E-state index in [0.717, 1.165) is 38.8 Å². The zero-order chi connectivity index (χ0) is 22.0. The topological polar surface area (TPSA) is 49.9 Å². The third kappa shape index (κ3) is 4.90. The molecule has 2 heterocycles. The number of rotatable bonds is 5. The van der Waals surface area contributed by atoms with Gasteiger partial charge in [-0.2, -0.15) is 4.31 Å². The first-order valence-corrected chi connectivity index (χ1v) is 12.6. The Kier molecular flexibility index (Phi) is 6.86. The van der Waals surface area contributed by atoms with Crippen molar-refractivity contribution in [3.63, 3.8) is 0 Å². The van der Waals surface area contributed by atoms with Crippen LogP contribution in [-0.4, -0.2) is 55.9 Å². The first-order valence-electron chi connectivity index (χ1n) is 10.8. The van der Waals surface area contributed by atoms with Crippen LogP contribution in [0.15, 0.2) is 47.4 Å². The molecule has 0 aliphatic carbocycles. The Morgan fingerprint density at radius 2 is 1.65 bits per heavy atom. The summed E-state index contributed by atoms with van der Waals surface area (Å²) in [6.07, 6.45) is 3.30. The highest BCUT2D eigenvalue weighted by atomic mass is 35.5. The molecule has 0 amide bonds. The second kappa shape index (κ2) is 9.45. The van der Waals surface area contributed by atoms with Gasteiger partial charge in [0, 0.05) is 37.2 Å². The molecule has 0 unspecified atom stereocenters. The largest absolute Gasteiger partial charge is 0.487 e. The maximum Gasteiger partial charge on any atom is 0.243 e. The van der Waals surface area contributed by atoms with Gasteiger partial charge in [0.05, 0.1) is 4.90 Å². The molecule has 0 spiro atoms. The van der Waals surface area contributed by atoms with Gasteiger partial charge < -0.3 is 9.64 Å². The number of halogens is 2. The highest BCUT2D eigenvalue weighted by molar-refractivity contribution is 7.89. The van der Waals surface area contributed by atoms with Crippen molar-refractivity contribution in [3.8, 4) is 5.75 Å². The standard InChI is InChI=1S/C23H28ClFN2O3S/c1-17-20(24)5-4-8-23(17)31(28,29)27-15-9-18(10-16-27)26-13-11-19(12-14-26)30-22-7-3-2-6-21(22)25/h2-8,18-19H,9-16H2,1H3. The monoisotopic (exact) mass is 466 g/mol. The van der Waals surface area contributed by atoms with E-state index < -0.39 is 10.0 Å². The lowest BCUT2D eigenvalue weighted by molar-refractivity contribution is 0.0568. The van der Waals surface area contributed by atoms with Gasteiger partial charge in [-0.25, -0.2) is 12.8 Å². The minimum Gasteiger partial charge on any atom is -0.487 e. The number of hydrogen-bond donors (Lipinski definition) is 0. The predicted molar refractivity (Wildman–Crippen MR) is 120 cm³/mol. The summed E-state index contributed by atoms with van der Waals surface area (Å²) < 4.78 is 47.4. The molecule has 4 rings (SSSR count). The average Bonchev–Trinajstić information content (AvgIpc) is 2.78. The van der Waals surface area contributed by atoms with Crippen LogP contribution in [0.25, 0.3) is 0 Å². The summed E-state index contributed by atoms with van der Waals surface area (Å²) >= 11 is 6.13. The van der Waals surface area contributed by atoms with Gasteiger partial charge in [0.2, 0.25) is 10.0 Å². The summed E-state index contributed by atoms with van der Waals surface area (Å²) in [5, 5.41) is 0.469. The van der Waals surface area contributed by atoms with Gasteiger partial charge in [-0.05, 0) is 62.4 Å². The molecule has 2 aliphatic rings. The van der Waals surface area contributed by atoms with Crippen LogP contribution in [0.5, 0.6) is 5.75 Å². The molecule has 2 aliphatic heterocycles. The number of sulfonamides is 1. The fourth-order valence-corrected chi connectivity index (χ4v) is 6.48. The van der Waals surface area contributed by atoms with E-state index in [1.807, 2.05) is 0 Å².